The Bertz CT molecular complexity index is 948. The second-order valence-corrected chi connectivity index (χ2v) is 8.39. The molecule has 1 aliphatic heterocycles. The van der Waals surface area contributed by atoms with Crippen LogP contribution in [0.25, 0.3) is 0 Å². The van der Waals surface area contributed by atoms with Crippen molar-refractivity contribution in [3.8, 4) is 0 Å². The summed E-state index contributed by atoms with van der Waals surface area (Å²) in [5.74, 6) is -1.74. The van der Waals surface area contributed by atoms with Crippen molar-refractivity contribution in [3.63, 3.8) is 0 Å². The summed E-state index contributed by atoms with van der Waals surface area (Å²) in [5, 5.41) is 7.12. The molecular weight excluding hydrogens is 427 g/mol. The number of imidazole rings is 1. The van der Waals surface area contributed by atoms with Crippen LogP contribution in [-0.4, -0.2) is 64.5 Å². The minimum Gasteiger partial charge on any atom is -0.475 e. The fourth-order valence-electron chi connectivity index (χ4n) is 2.76. The molecule has 0 spiro atoms. The van der Waals surface area contributed by atoms with Crippen molar-refractivity contribution in [2.75, 3.05) is 19.3 Å². The van der Waals surface area contributed by atoms with Crippen LogP contribution in [0.2, 0.25) is 0 Å². The fraction of sp³-hybridized carbons (Fsp3) is 0.471. The molecule has 30 heavy (non-hydrogen) atoms. The second kappa shape index (κ2) is 10.00. The molecule has 2 aromatic heterocycles. The lowest BCUT2D eigenvalue weighted by molar-refractivity contribution is -0.192. The molecule has 0 amide bonds. The number of pyridine rings is 1. The van der Waals surface area contributed by atoms with Gasteiger partial charge < -0.3 is 9.67 Å². The van der Waals surface area contributed by atoms with E-state index in [0.29, 0.717) is 0 Å². The molecule has 0 fully saturated rings. The van der Waals surface area contributed by atoms with E-state index in [1.54, 1.807) is 6.20 Å². The van der Waals surface area contributed by atoms with E-state index in [0.717, 1.165) is 49.8 Å². The Hall–Kier alpha value is -2.51. The highest BCUT2D eigenvalue weighted by atomic mass is 32.2. The molecule has 2 aromatic rings. The van der Waals surface area contributed by atoms with Crippen molar-refractivity contribution < 1.29 is 31.5 Å². The molecule has 0 atom stereocenters. The summed E-state index contributed by atoms with van der Waals surface area (Å²) in [6.45, 7) is 3.73. The number of nitrogens with zero attached hydrogens (tertiary/aromatic N) is 4. The van der Waals surface area contributed by atoms with Crippen molar-refractivity contribution in [1.82, 2.24) is 24.2 Å². The third-order valence-electron chi connectivity index (χ3n) is 4.18. The number of carboxylic acids is 1. The number of aliphatic carboxylic acids is 1. The van der Waals surface area contributed by atoms with Gasteiger partial charge in [-0.15, -0.1) is 0 Å². The zero-order chi connectivity index (χ0) is 22.4. The maximum Gasteiger partial charge on any atom is 0.490 e. The number of hydrogen-bond acceptors (Lipinski definition) is 6. The Morgan fingerprint density at radius 1 is 1.23 bits per heavy atom. The number of sulfonamides is 1. The van der Waals surface area contributed by atoms with Gasteiger partial charge in [-0.1, -0.05) is 6.07 Å². The van der Waals surface area contributed by atoms with Gasteiger partial charge in [0, 0.05) is 45.0 Å². The molecule has 166 valence electrons. The molecule has 3 rings (SSSR count). The Kier molecular flexibility index (Phi) is 7.92. The van der Waals surface area contributed by atoms with Gasteiger partial charge in [-0.25, -0.2) is 22.9 Å². The summed E-state index contributed by atoms with van der Waals surface area (Å²) in [6, 6.07) is 5.95. The van der Waals surface area contributed by atoms with E-state index in [1.807, 2.05) is 24.4 Å². The van der Waals surface area contributed by atoms with Gasteiger partial charge in [0.25, 0.3) is 0 Å². The predicted molar refractivity (Wildman–Crippen MR) is 101 cm³/mol. The quantitative estimate of drug-likeness (QED) is 0.700. The molecule has 3 heterocycles. The van der Waals surface area contributed by atoms with E-state index in [1.165, 1.54) is 6.26 Å². The zero-order valence-electron chi connectivity index (χ0n) is 16.1. The van der Waals surface area contributed by atoms with E-state index in [2.05, 4.69) is 24.2 Å². The van der Waals surface area contributed by atoms with Gasteiger partial charge in [0.05, 0.1) is 24.2 Å². The van der Waals surface area contributed by atoms with Gasteiger partial charge in [0.1, 0.15) is 5.82 Å². The number of carboxylic acid groups (broad SMARTS) is 1. The highest BCUT2D eigenvalue weighted by molar-refractivity contribution is 7.88. The van der Waals surface area contributed by atoms with Crippen molar-refractivity contribution >= 4 is 16.0 Å². The van der Waals surface area contributed by atoms with Gasteiger partial charge in [0.15, 0.2) is 0 Å². The number of alkyl halides is 3. The normalized spacial score (nSPS) is 14.9. The number of rotatable bonds is 5. The lowest BCUT2D eigenvalue weighted by Crippen LogP contribution is -2.27. The van der Waals surface area contributed by atoms with E-state index in [-0.39, 0.29) is 6.54 Å². The number of aromatic nitrogens is 3. The maximum absolute atomic E-state index is 11.3. The van der Waals surface area contributed by atoms with Crippen LogP contribution >= 0.6 is 0 Å². The topological polar surface area (TPSA) is 117 Å². The van der Waals surface area contributed by atoms with Crippen LogP contribution in [0.1, 0.15) is 17.2 Å². The number of carbonyl (C=O) groups is 1. The molecule has 13 heteroatoms. The van der Waals surface area contributed by atoms with Crippen molar-refractivity contribution in [3.05, 3.63) is 47.8 Å². The first-order chi connectivity index (χ1) is 14.0. The first kappa shape index (κ1) is 23.8. The molecule has 0 aliphatic carbocycles. The van der Waals surface area contributed by atoms with E-state index >= 15 is 0 Å². The molecule has 0 aromatic carbocycles. The minimum absolute atomic E-state index is 0.284. The van der Waals surface area contributed by atoms with E-state index < -0.39 is 22.2 Å². The zero-order valence-corrected chi connectivity index (χ0v) is 16.9. The van der Waals surface area contributed by atoms with Crippen LogP contribution in [0.4, 0.5) is 13.2 Å². The van der Waals surface area contributed by atoms with Crippen LogP contribution in [-0.2, 0) is 40.9 Å². The Morgan fingerprint density at radius 3 is 2.50 bits per heavy atom. The summed E-state index contributed by atoms with van der Waals surface area (Å²) in [7, 11) is -3.20. The molecule has 2 N–H and O–H groups in total. The van der Waals surface area contributed by atoms with Crippen LogP contribution in [0.15, 0.2) is 30.6 Å². The van der Waals surface area contributed by atoms with Crippen molar-refractivity contribution in [2.24, 2.45) is 0 Å². The summed E-state index contributed by atoms with van der Waals surface area (Å²) >= 11 is 0. The SMILES string of the molecule is CS(=O)(=O)NCc1cnc2n1CCN(Cc1ccccn1)CC2.O=C(O)C(F)(F)F. The number of fused-ring (bicyclic) bond motifs is 1. The summed E-state index contributed by atoms with van der Waals surface area (Å²) < 4.78 is 58.9. The molecule has 0 bridgehead atoms. The van der Waals surface area contributed by atoms with Crippen LogP contribution in [0, 0.1) is 0 Å². The monoisotopic (exact) mass is 449 g/mol. The van der Waals surface area contributed by atoms with Gasteiger partial charge in [0.2, 0.25) is 10.0 Å². The number of nitrogens with one attached hydrogen (secondary N) is 1. The summed E-state index contributed by atoms with van der Waals surface area (Å²) in [5.41, 5.74) is 1.97. The van der Waals surface area contributed by atoms with Gasteiger partial charge in [-0.05, 0) is 12.1 Å². The summed E-state index contributed by atoms with van der Waals surface area (Å²) in [6.07, 6.45) is 0.516. The molecule has 0 unspecified atom stereocenters. The Labute approximate surface area is 171 Å². The Balaban J connectivity index is 0.000000396. The van der Waals surface area contributed by atoms with Crippen LogP contribution in [0.5, 0.6) is 0 Å². The highest BCUT2D eigenvalue weighted by Gasteiger charge is 2.38. The van der Waals surface area contributed by atoms with Crippen molar-refractivity contribution in [2.45, 2.75) is 32.2 Å². The van der Waals surface area contributed by atoms with Gasteiger partial charge in [-0.3, -0.25) is 9.88 Å². The molecule has 0 saturated heterocycles. The highest BCUT2D eigenvalue weighted by Crippen LogP contribution is 2.14. The average molecular weight is 449 g/mol. The smallest absolute Gasteiger partial charge is 0.475 e. The first-order valence-corrected chi connectivity index (χ1v) is 10.7. The lowest BCUT2D eigenvalue weighted by atomic mass is 10.3. The fourth-order valence-corrected chi connectivity index (χ4v) is 3.17. The predicted octanol–water partition coefficient (Wildman–Crippen LogP) is 1.02. The molecule has 0 saturated carbocycles. The molecule has 9 nitrogen and oxygen atoms in total. The third-order valence-corrected chi connectivity index (χ3v) is 4.85. The van der Waals surface area contributed by atoms with Crippen LogP contribution in [0.3, 0.4) is 0 Å². The molecular formula is C17H22F3N5O4S. The Morgan fingerprint density at radius 2 is 1.93 bits per heavy atom. The number of halogens is 3. The maximum atomic E-state index is 11.3. The molecule has 0 radical (unpaired) electrons. The average Bonchev–Trinajstić information content (AvgIpc) is 2.93. The molecule has 1 aliphatic rings. The lowest BCUT2D eigenvalue weighted by Gasteiger charge is -2.19. The second-order valence-electron chi connectivity index (χ2n) is 6.56. The minimum atomic E-state index is -5.08. The number of hydrogen-bond donors (Lipinski definition) is 2. The van der Waals surface area contributed by atoms with Crippen LogP contribution < -0.4 is 4.72 Å². The van der Waals surface area contributed by atoms with E-state index in [9.17, 15) is 21.6 Å². The van der Waals surface area contributed by atoms with Crippen molar-refractivity contribution in [1.29, 1.82) is 0 Å². The first-order valence-electron chi connectivity index (χ1n) is 8.86. The van der Waals surface area contributed by atoms with Gasteiger partial charge in [-0.2, -0.15) is 13.2 Å². The third kappa shape index (κ3) is 7.72. The standard InChI is InChI=1S/C15H21N5O2S.C2HF3O2/c1-23(21,22)18-11-14-10-17-15-5-7-19(8-9-20(14)15)12-13-4-2-3-6-16-13;3-2(4,5)1(6)7/h2-4,6,10,18H,5,7-9,11-12H2,1H3;(H,6,7). The van der Waals surface area contributed by atoms with E-state index in [4.69, 9.17) is 9.90 Å². The van der Waals surface area contributed by atoms with Gasteiger partial charge >= 0.3 is 12.1 Å². The summed E-state index contributed by atoms with van der Waals surface area (Å²) in [4.78, 5) is 20.1. The largest absolute Gasteiger partial charge is 0.490 e.